The summed E-state index contributed by atoms with van der Waals surface area (Å²) < 4.78 is 18.0. The molecule has 0 bridgehead atoms. The number of nitrogens with one attached hydrogen (secondary N) is 1. The molecule has 1 aliphatic heterocycles. The Bertz CT molecular complexity index is 806. The average molecular weight is 388 g/mol. The predicted molar refractivity (Wildman–Crippen MR) is 110 cm³/mol. The van der Waals surface area contributed by atoms with Gasteiger partial charge in [0.1, 0.15) is 23.6 Å². The van der Waals surface area contributed by atoms with Crippen molar-refractivity contribution in [3.63, 3.8) is 0 Å². The molecule has 0 fully saturated rings. The van der Waals surface area contributed by atoms with Crippen molar-refractivity contribution in [2.24, 2.45) is 0 Å². The van der Waals surface area contributed by atoms with E-state index in [2.05, 4.69) is 18.0 Å². The Labute approximate surface area is 166 Å². The number of hydrogen-bond acceptors (Lipinski definition) is 4. The summed E-state index contributed by atoms with van der Waals surface area (Å²) in [5.74, 6) is 0.818. The van der Waals surface area contributed by atoms with E-state index in [-0.39, 0.29) is 12.2 Å². The normalized spacial score (nSPS) is 20.4. The van der Waals surface area contributed by atoms with Crippen molar-refractivity contribution >= 4 is 17.3 Å². The molecule has 1 N–H and O–H groups in total. The zero-order chi connectivity index (χ0) is 19.4. The Morgan fingerprint density at radius 1 is 1.26 bits per heavy atom. The van der Waals surface area contributed by atoms with Gasteiger partial charge in [0.25, 0.3) is 0 Å². The van der Waals surface area contributed by atoms with Crippen LogP contribution in [0.1, 0.15) is 31.1 Å². The van der Waals surface area contributed by atoms with Crippen LogP contribution in [0.5, 0.6) is 5.75 Å². The molecule has 0 saturated carbocycles. The number of halogens is 1. The van der Waals surface area contributed by atoms with Gasteiger partial charge in [0.2, 0.25) is 0 Å². The van der Waals surface area contributed by atoms with Crippen molar-refractivity contribution < 1.29 is 14.2 Å². The predicted octanol–water partition coefficient (Wildman–Crippen LogP) is 5.38. The number of rotatable bonds is 7. The fourth-order valence-corrected chi connectivity index (χ4v) is 3.62. The van der Waals surface area contributed by atoms with Crippen LogP contribution in [0.4, 0.5) is 5.69 Å². The molecule has 144 valence electrons. The molecule has 27 heavy (non-hydrogen) atoms. The van der Waals surface area contributed by atoms with Gasteiger partial charge >= 0.3 is 0 Å². The van der Waals surface area contributed by atoms with Gasteiger partial charge < -0.3 is 19.5 Å². The van der Waals surface area contributed by atoms with Crippen molar-refractivity contribution in [1.29, 1.82) is 0 Å². The minimum Gasteiger partial charge on any atom is -0.485 e. The van der Waals surface area contributed by atoms with Crippen LogP contribution >= 0.6 is 11.6 Å². The standard InChI is InChI=1S/C22H26ClNO3/c1-5-11-26-21-20(25-4)18-13-17(9-10-19(18)27-22(21,2)3)24-14-15-7-6-8-16(23)12-15/h5-10,12-13,20-21,24H,1,11,14H2,2-4H3. The van der Waals surface area contributed by atoms with Gasteiger partial charge in [-0.15, -0.1) is 6.58 Å². The van der Waals surface area contributed by atoms with E-state index in [1.807, 2.05) is 50.2 Å². The molecular formula is C22H26ClNO3. The van der Waals surface area contributed by atoms with Gasteiger partial charge in [-0.2, -0.15) is 0 Å². The summed E-state index contributed by atoms with van der Waals surface area (Å²) in [6.45, 7) is 8.89. The topological polar surface area (TPSA) is 39.7 Å². The van der Waals surface area contributed by atoms with Gasteiger partial charge in [-0.25, -0.2) is 0 Å². The lowest BCUT2D eigenvalue weighted by Gasteiger charge is -2.43. The Balaban J connectivity index is 1.83. The molecule has 2 atom stereocenters. The maximum Gasteiger partial charge on any atom is 0.132 e. The summed E-state index contributed by atoms with van der Waals surface area (Å²) in [7, 11) is 1.70. The van der Waals surface area contributed by atoms with Gasteiger partial charge in [0.05, 0.1) is 6.61 Å². The second-order valence-corrected chi connectivity index (χ2v) is 7.58. The first-order chi connectivity index (χ1) is 12.9. The minimum absolute atomic E-state index is 0.225. The molecular weight excluding hydrogens is 362 g/mol. The van der Waals surface area contributed by atoms with E-state index in [1.165, 1.54) is 0 Å². The Morgan fingerprint density at radius 2 is 2.07 bits per heavy atom. The van der Waals surface area contributed by atoms with Gasteiger partial charge in [0, 0.05) is 29.9 Å². The van der Waals surface area contributed by atoms with Crippen molar-refractivity contribution in [2.45, 2.75) is 38.2 Å². The minimum atomic E-state index is -0.508. The fraction of sp³-hybridized carbons (Fsp3) is 0.364. The molecule has 0 spiro atoms. The van der Waals surface area contributed by atoms with E-state index in [0.717, 1.165) is 27.6 Å². The fourth-order valence-electron chi connectivity index (χ4n) is 3.40. The van der Waals surface area contributed by atoms with Crippen LogP contribution in [0.3, 0.4) is 0 Å². The molecule has 1 heterocycles. The molecule has 0 aliphatic carbocycles. The van der Waals surface area contributed by atoms with Gasteiger partial charge in [-0.3, -0.25) is 0 Å². The zero-order valence-corrected chi connectivity index (χ0v) is 16.8. The number of anilines is 1. The largest absolute Gasteiger partial charge is 0.485 e. The van der Waals surface area contributed by atoms with Crippen molar-refractivity contribution in [3.05, 3.63) is 71.3 Å². The molecule has 2 aromatic rings. The van der Waals surface area contributed by atoms with Gasteiger partial charge in [-0.1, -0.05) is 29.8 Å². The first-order valence-corrected chi connectivity index (χ1v) is 9.39. The van der Waals surface area contributed by atoms with Crippen LogP contribution < -0.4 is 10.1 Å². The summed E-state index contributed by atoms with van der Waals surface area (Å²) >= 11 is 6.06. The second kappa shape index (κ2) is 8.34. The highest BCUT2D eigenvalue weighted by Gasteiger charge is 2.45. The Hall–Kier alpha value is -2.01. The van der Waals surface area contributed by atoms with E-state index in [1.54, 1.807) is 13.2 Å². The lowest BCUT2D eigenvalue weighted by Crippen LogP contribution is -2.50. The molecule has 2 aromatic carbocycles. The van der Waals surface area contributed by atoms with Gasteiger partial charge in [-0.05, 0) is 49.7 Å². The zero-order valence-electron chi connectivity index (χ0n) is 16.0. The third-order valence-corrected chi connectivity index (χ3v) is 4.92. The average Bonchev–Trinajstić information content (AvgIpc) is 2.64. The van der Waals surface area contributed by atoms with E-state index < -0.39 is 5.60 Å². The SMILES string of the molecule is C=CCOC1C(OC)c2cc(NCc3cccc(Cl)c3)ccc2OC1(C)C. The summed E-state index contributed by atoms with van der Waals surface area (Å²) in [6, 6.07) is 13.9. The highest BCUT2D eigenvalue weighted by atomic mass is 35.5. The van der Waals surface area contributed by atoms with Crippen LogP contribution in [-0.4, -0.2) is 25.4 Å². The number of fused-ring (bicyclic) bond motifs is 1. The molecule has 3 rings (SSSR count). The highest BCUT2D eigenvalue weighted by Crippen LogP contribution is 2.44. The molecule has 0 saturated heterocycles. The first-order valence-electron chi connectivity index (χ1n) is 9.01. The van der Waals surface area contributed by atoms with Crippen molar-refractivity contribution in [2.75, 3.05) is 19.0 Å². The van der Waals surface area contributed by atoms with Crippen molar-refractivity contribution in [3.8, 4) is 5.75 Å². The Kier molecular flexibility index (Phi) is 6.10. The number of ether oxygens (including phenoxy) is 3. The van der Waals surface area contributed by atoms with E-state index >= 15 is 0 Å². The molecule has 0 amide bonds. The monoisotopic (exact) mass is 387 g/mol. The maximum absolute atomic E-state index is 6.21. The number of methoxy groups -OCH3 is 1. The summed E-state index contributed by atoms with van der Waals surface area (Å²) in [5, 5.41) is 4.17. The number of hydrogen-bond donors (Lipinski definition) is 1. The molecule has 4 nitrogen and oxygen atoms in total. The van der Waals surface area contributed by atoms with Crippen LogP contribution in [0.25, 0.3) is 0 Å². The third-order valence-electron chi connectivity index (χ3n) is 4.68. The van der Waals surface area contributed by atoms with Crippen LogP contribution in [-0.2, 0) is 16.0 Å². The first kappa shape index (κ1) is 19.7. The Morgan fingerprint density at radius 3 is 2.78 bits per heavy atom. The van der Waals surface area contributed by atoms with E-state index in [4.69, 9.17) is 25.8 Å². The van der Waals surface area contributed by atoms with E-state index in [0.29, 0.717) is 13.2 Å². The second-order valence-electron chi connectivity index (χ2n) is 7.14. The molecule has 0 radical (unpaired) electrons. The molecule has 5 heteroatoms. The van der Waals surface area contributed by atoms with Crippen LogP contribution in [0.15, 0.2) is 55.1 Å². The van der Waals surface area contributed by atoms with Crippen LogP contribution in [0.2, 0.25) is 5.02 Å². The lowest BCUT2D eigenvalue weighted by atomic mass is 9.88. The quantitative estimate of drug-likeness (QED) is 0.647. The third kappa shape index (κ3) is 4.46. The number of benzene rings is 2. The maximum atomic E-state index is 6.21. The molecule has 0 aromatic heterocycles. The van der Waals surface area contributed by atoms with Crippen molar-refractivity contribution in [1.82, 2.24) is 0 Å². The molecule has 2 unspecified atom stereocenters. The van der Waals surface area contributed by atoms with Gasteiger partial charge in [0.15, 0.2) is 0 Å². The summed E-state index contributed by atoms with van der Waals surface area (Å²) in [4.78, 5) is 0. The summed E-state index contributed by atoms with van der Waals surface area (Å²) in [5.41, 5.74) is 2.57. The highest BCUT2D eigenvalue weighted by molar-refractivity contribution is 6.30. The summed E-state index contributed by atoms with van der Waals surface area (Å²) in [6.07, 6.45) is 1.27. The van der Waals surface area contributed by atoms with E-state index in [9.17, 15) is 0 Å². The molecule has 1 aliphatic rings. The lowest BCUT2D eigenvalue weighted by molar-refractivity contribution is -0.148. The van der Waals surface area contributed by atoms with Crippen LogP contribution in [0, 0.1) is 0 Å². The smallest absolute Gasteiger partial charge is 0.132 e.